The molecule has 1 saturated heterocycles. The van der Waals surface area contributed by atoms with Crippen molar-refractivity contribution in [1.82, 2.24) is 14.5 Å². The summed E-state index contributed by atoms with van der Waals surface area (Å²) in [5.74, 6) is 0. The molecule has 1 aliphatic carbocycles. The third-order valence-electron chi connectivity index (χ3n) is 4.14. The maximum Gasteiger partial charge on any atom is 0.201 e. The normalized spacial score (nSPS) is 16.7. The molecule has 21 heavy (non-hydrogen) atoms. The molecule has 1 aromatic rings. The number of hydrogen-bond acceptors (Lipinski definition) is 3. The van der Waals surface area contributed by atoms with E-state index >= 15 is 0 Å². The largest absolute Gasteiger partial charge is 0.294 e. The highest BCUT2D eigenvalue weighted by molar-refractivity contribution is 7.21. The third-order valence-corrected chi connectivity index (χ3v) is 5.25. The van der Waals surface area contributed by atoms with Crippen LogP contribution in [0.5, 0.6) is 0 Å². The van der Waals surface area contributed by atoms with E-state index in [0.717, 1.165) is 37.4 Å². The van der Waals surface area contributed by atoms with Crippen molar-refractivity contribution in [2.75, 3.05) is 33.2 Å². The highest BCUT2D eigenvalue weighted by Crippen LogP contribution is 2.28. The fraction of sp³-hybridized carbons (Fsp3) is 0.294. The molecule has 2 aliphatic heterocycles. The van der Waals surface area contributed by atoms with Crippen LogP contribution in [-0.4, -0.2) is 43.1 Å². The number of hydrogen-bond donors (Lipinski definition) is 0. The van der Waals surface area contributed by atoms with Crippen LogP contribution in [0.2, 0.25) is 0 Å². The summed E-state index contributed by atoms with van der Waals surface area (Å²) < 4.78 is 3.72. The first kappa shape index (κ1) is 12.9. The predicted octanol–water partition coefficient (Wildman–Crippen LogP) is 2.12. The number of piperazine rings is 1. The van der Waals surface area contributed by atoms with Gasteiger partial charge in [-0.15, -0.1) is 11.3 Å². The molecule has 0 radical (unpaired) electrons. The zero-order chi connectivity index (χ0) is 14.2. The number of para-hydroxylation sites is 1. The van der Waals surface area contributed by atoms with Gasteiger partial charge in [0.05, 0.1) is 33.9 Å². The average Bonchev–Trinajstić information content (AvgIpc) is 2.53. The second kappa shape index (κ2) is 5.20. The fourth-order valence-electron chi connectivity index (χ4n) is 2.82. The Morgan fingerprint density at radius 1 is 1.10 bits per heavy atom. The van der Waals surface area contributed by atoms with Crippen molar-refractivity contribution in [1.29, 1.82) is 0 Å². The van der Waals surface area contributed by atoms with Crippen LogP contribution in [0, 0.1) is 0 Å². The molecule has 1 aromatic carbocycles. The van der Waals surface area contributed by atoms with Crippen LogP contribution in [0.15, 0.2) is 42.5 Å². The lowest BCUT2D eigenvalue weighted by Gasteiger charge is -2.20. The standard InChI is InChI=1S/C17H18N3S/c1-19-8-10-20(11-9-19)13-6-7-15-17(12-13)21-16-5-3-2-4-14(16)18-15/h2-7,12H,8-11H2,1H3/q+1. The minimum Gasteiger partial charge on any atom is -0.294 e. The average molecular weight is 296 g/mol. The molecule has 0 spiro atoms. The van der Waals surface area contributed by atoms with Gasteiger partial charge in [0.15, 0.2) is 13.1 Å². The minimum atomic E-state index is 1.09. The van der Waals surface area contributed by atoms with Gasteiger partial charge in [-0.3, -0.25) is 4.90 Å². The summed E-state index contributed by atoms with van der Waals surface area (Å²) in [6.45, 7) is 4.48. The van der Waals surface area contributed by atoms with Gasteiger partial charge in [-0.1, -0.05) is 12.1 Å². The number of benzene rings is 2. The molecule has 106 valence electrons. The van der Waals surface area contributed by atoms with Gasteiger partial charge in [0, 0.05) is 12.1 Å². The van der Waals surface area contributed by atoms with Crippen molar-refractivity contribution in [2.24, 2.45) is 0 Å². The van der Waals surface area contributed by atoms with E-state index in [2.05, 4.69) is 52.9 Å². The molecule has 0 amide bonds. The predicted molar refractivity (Wildman–Crippen MR) is 88.7 cm³/mol. The molecule has 4 heteroatoms. The second-order valence-electron chi connectivity index (χ2n) is 5.62. The molecule has 3 nitrogen and oxygen atoms in total. The van der Waals surface area contributed by atoms with Crippen LogP contribution >= 0.6 is 11.3 Å². The zero-order valence-electron chi connectivity index (χ0n) is 12.1. The Hall–Kier alpha value is -1.78. The van der Waals surface area contributed by atoms with E-state index in [-0.39, 0.29) is 0 Å². The van der Waals surface area contributed by atoms with Crippen LogP contribution in [0.1, 0.15) is 0 Å². The monoisotopic (exact) mass is 296 g/mol. The first-order chi connectivity index (χ1) is 10.3. The number of likely N-dealkylation sites (N-methyl/N-ethyl adjacent to an activating group) is 1. The quantitative estimate of drug-likeness (QED) is 0.467. The van der Waals surface area contributed by atoms with Gasteiger partial charge >= 0.3 is 0 Å². The summed E-state index contributed by atoms with van der Waals surface area (Å²) in [4.78, 5) is 8.41. The first-order valence-electron chi connectivity index (χ1n) is 7.36. The van der Waals surface area contributed by atoms with Crippen LogP contribution in [0.4, 0.5) is 0 Å². The van der Waals surface area contributed by atoms with Crippen molar-refractivity contribution in [2.45, 2.75) is 0 Å². The van der Waals surface area contributed by atoms with E-state index in [1.807, 2.05) is 17.4 Å². The minimum absolute atomic E-state index is 1.09. The number of aromatic nitrogens is 1. The van der Waals surface area contributed by atoms with Crippen molar-refractivity contribution in [3.05, 3.63) is 47.8 Å². The van der Waals surface area contributed by atoms with Crippen LogP contribution in [0.25, 0.3) is 20.8 Å². The lowest BCUT2D eigenvalue weighted by molar-refractivity contribution is 0.267. The highest BCUT2D eigenvalue weighted by Gasteiger charge is 2.16. The fourth-order valence-corrected chi connectivity index (χ4v) is 3.82. The lowest BCUT2D eigenvalue weighted by atomic mass is 10.2. The molecule has 0 unspecified atom stereocenters. The highest BCUT2D eigenvalue weighted by atomic mass is 32.1. The van der Waals surface area contributed by atoms with Crippen molar-refractivity contribution < 1.29 is 0 Å². The lowest BCUT2D eigenvalue weighted by Crippen LogP contribution is -2.46. The summed E-state index contributed by atoms with van der Waals surface area (Å²) in [5.41, 5.74) is 2.18. The summed E-state index contributed by atoms with van der Waals surface area (Å²) in [6, 6.07) is 15.0. The molecule has 1 fully saturated rings. The molecule has 2 heterocycles. The van der Waals surface area contributed by atoms with Crippen LogP contribution < -0.4 is 9.93 Å². The van der Waals surface area contributed by atoms with Crippen LogP contribution in [-0.2, 0) is 0 Å². The van der Waals surface area contributed by atoms with Gasteiger partial charge in [0.25, 0.3) is 0 Å². The smallest absolute Gasteiger partial charge is 0.201 e. The van der Waals surface area contributed by atoms with Crippen molar-refractivity contribution >= 4 is 21.6 Å². The maximum atomic E-state index is 4.76. The summed E-state index contributed by atoms with van der Waals surface area (Å²) in [6.07, 6.45) is 0. The van der Waals surface area contributed by atoms with Gasteiger partial charge in [-0.25, -0.2) is 9.56 Å². The topological polar surface area (TPSA) is 19.1 Å². The Kier molecular flexibility index (Phi) is 3.20. The van der Waals surface area contributed by atoms with Gasteiger partial charge < -0.3 is 0 Å². The Morgan fingerprint density at radius 3 is 2.76 bits per heavy atom. The molecule has 0 aromatic heterocycles. The molecular weight excluding hydrogens is 278 g/mol. The number of rotatable bonds is 0. The third kappa shape index (κ3) is 2.45. The van der Waals surface area contributed by atoms with Gasteiger partial charge in [0.1, 0.15) is 0 Å². The van der Waals surface area contributed by atoms with Crippen LogP contribution in [0.3, 0.4) is 0 Å². The number of nitrogens with zero attached hydrogens (tertiary/aromatic N) is 3. The van der Waals surface area contributed by atoms with Gasteiger partial charge in [-0.05, 0) is 25.2 Å². The molecule has 0 N–H and O–H groups in total. The molecule has 3 aliphatic rings. The molecular formula is C17H18N3S+. The molecule has 0 saturated carbocycles. The van der Waals surface area contributed by atoms with E-state index in [0.29, 0.717) is 0 Å². The summed E-state index contributed by atoms with van der Waals surface area (Å²) >= 11 is 1.83. The first-order valence-corrected chi connectivity index (χ1v) is 8.17. The molecule has 0 atom stereocenters. The summed E-state index contributed by atoms with van der Waals surface area (Å²) in [5, 5.41) is 1.32. The Labute approximate surface area is 128 Å². The Balaban J connectivity index is 1.88. The SMILES string of the molecule is CN1CC[N+](=c2ccc3nc4ccccc4sc-3c2)CC1. The van der Waals surface area contributed by atoms with E-state index in [4.69, 9.17) is 4.98 Å². The van der Waals surface area contributed by atoms with Gasteiger partial charge in [0.2, 0.25) is 5.36 Å². The molecule has 0 bridgehead atoms. The van der Waals surface area contributed by atoms with E-state index < -0.39 is 0 Å². The molecule has 4 rings (SSSR count). The Morgan fingerprint density at radius 2 is 1.90 bits per heavy atom. The van der Waals surface area contributed by atoms with E-state index in [1.165, 1.54) is 14.9 Å². The van der Waals surface area contributed by atoms with Crippen molar-refractivity contribution in [3.63, 3.8) is 0 Å². The summed E-state index contributed by atoms with van der Waals surface area (Å²) in [7, 11) is 2.19. The maximum absolute atomic E-state index is 4.76. The zero-order valence-corrected chi connectivity index (χ0v) is 12.9. The second-order valence-corrected chi connectivity index (χ2v) is 6.71. The Bertz CT molecular complexity index is 827. The van der Waals surface area contributed by atoms with Gasteiger partial charge in [-0.2, -0.15) is 0 Å². The van der Waals surface area contributed by atoms with E-state index in [1.54, 1.807) is 0 Å². The number of fused-ring (bicyclic) bond motifs is 2. The van der Waals surface area contributed by atoms with Crippen molar-refractivity contribution in [3.8, 4) is 10.6 Å². The van der Waals surface area contributed by atoms with E-state index in [9.17, 15) is 0 Å².